The minimum Gasteiger partial charge on any atom is -0.308 e. The monoisotopic (exact) mass is 318 g/mol. The summed E-state index contributed by atoms with van der Waals surface area (Å²) < 4.78 is 13.1. The second kappa shape index (κ2) is 5.77. The average molecular weight is 319 g/mol. The van der Waals surface area contributed by atoms with Gasteiger partial charge in [0.05, 0.1) is 5.02 Å². The molecule has 1 aliphatic rings. The molecule has 4 nitrogen and oxygen atoms in total. The highest BCUT2D eigenvalue weighted by Crippen LogP contribution is 2.24. The molecule has 112 valence electrons. The number of Topliss-reactive ketones (excluding diaryl/α,β-unsaturated/α-hetero) is 1. The van der Waals surface area contributed by atoms with E-state index in [0.29, 0.717) is 24.2 Å². The second-order valence-corrected chi connectivity index (χ2v) is 5.49. The lowest BCUT2D eigenvalue weighted by Gasteiger charge is -2.09. The van der Waals surface area contributed by atoms with Crippen LogP contribution >= 0.6 is 11.6 Å². The molecular formula is C16H12ClFN2O2. The topological polar surface area (TPSA) is 58.2 Å². The highest BCUT2D eigenvalue weighted by molar-refractivity contribution is 6.31. The summed E-state index contributed by atoms with van der Waals surface area (Å²) in [4.78, 5) is 23.3. The summed E-state index contributed by atoms with van der Waals surface area (Å²) in [6.07, 6.45) is 0.857. The molecule has 0 radical (unpaired) electrons. The van der Waals surface area contributed by atoms with E-state index in [4.69, 9.17) is 11.6 Å². The summed E-state index contributed by atoms with van der Waals surface area (Å²) in [5.41, 5.74) is 2.92. The zero-order valence-corrected chi connectivity index (χ0v) is 12.2. The molecule has 0 unspecified atom stereocenters. The lowest BCUT2D eigenvalue weighted by molar-refractivity contribution is -0.117. The van der Waals surface area contributed by atoms with Gasteiger partial charge >= 0.3 is 6.03 Å². The van der Waals surface area contributed by atoms with E-state index in [-0.39, 0.29) is 10.8 Å². The molecule has 1 aliphatic carbocycles. The van der Waals surface area contributed by atoms with Crippen LogP contribution in [0.4, 0.5) is 20.6 Å². The molecule has 0 atom stereocenters. The first-order chi connectivity index (χ1) is 10.5. The van der Waals surface area contributed by atoms with Crippen LogP contribution in [-0.4, -0.2) is 11.8 Å². The van der Waals surface area contributed by atoms with E-state index < -0.39 is 11.8 Å². The van der Waals surface area contributed by atoms with Gasteiger partial charge < -0.3 is 10.6 Å². The normalized spacial score (nSPS) is 12.9. The number of benzene rings is 2. The average Bonchev–Trinajstić information content (AvgIpc) is 2.82. The van der Waals surface area contributed by atoms with Gasteiger partial charge in [-0.25, -0.2) is 9.18 Å². The minimum atomic E-state index is -0.545. The quantitative estimate of drug-likeness (QED) is 0.885. The predicted octanol–water partition coefficient (Wildman–Crippen LogP) is 3.79. The number of hydrogen-bond acceptors (Lipinski definition) is 2. The van der Waals surface area contributed by atoms with Crippen LogP contribution in [-0.2, 0) is 17.6 Å². The van der Waals surface area contributed by atoms with E-state index in [1.54, 1.807) is 12.1 Å². The standard InChI is InChI=1S/C16H12ClFN2O2/c17-14-8-12(3-4-15(14)18)20-16(22)19-11-2-1-9-6-13(21)7-10(9)5-11/h1-5,8H,6-7H2,(H2,19,20,22). The van der Waals surface area contributed by atoms with Gasteiger partial charge in [-0.3, -0.25) is 4.79 Å². The van der Waals surface area contributed by atoms with E-state index >= 15 is 0 Å². The van der Waals surface area contributed by atoms with Crippen LogP contribution in [0.1, 0.15) is 11.1 Å². The molecule has 0 spiro atoms. The van der Waals surface area contributed by atoms with Gasteiger partial charge in [-0.15, -0.1) is 0 Å². The van der Waals surface area contributed by atoms with Crippen molar-refractivity contribution in [3.63, 3.8) is 0 Å². The number of fused-ring (bicyclic) bond motifs is 1. The first-order valence-electron chi connectivity index (χ1n) is 6.68. The number of halogens is 2. The summed E-state index contributed by atoms with van der Waals surface area (Å²) in [7, 11) is 0. The molecule has 3 rings (SSSR count). The number of nitrogens with one attached hydrogen (secondary N) is 2. The summed E-state index contributed by atoms with van der Waals surface area (Å²) in [5, 5.41) is 5.18. The Kier molecular flexibility index (Phi) is 3.81. The Bertz CT molecular complexity index is 777. The van der Waals surface area contributed by atoms with Crippen molar-refractivity contribution in [3.8, 4) is 0 Å². The highest BCUT2D eigenvalue weighted by atomic mass is 35.5. The van der Waals surface area contributed by atoms with E-state index in [1.165, 1.54) is 18.2 Å². The fourth-order valence-electron chi connectivity index (χ4n) is 2.40. The van der Waals surface area contributed by atoms with E-state index in [2.05, 4.69) is 10.6 Å². The van der Waals surface area contributed by atoms with Gasteiger partial charge in [0.1, 0.15) is 11.6 Å². The van der Waals surface area contributed by atoms with Crippen molar-refractivity contribution >= 4 is 34.8 Å². The fraction of sp³-hybridized carbons (Fsp3) is 0.125. The number of ketones is 1. The summed E-state index contributed by atoms with van der Waals surface area (Å²) in [6.45, 7) is 0. The molecule has 2 N–H and O–H groups in total. The van der Waals surface area contributed by atoms with Crippen LogP contribution in [0.25, 0.3) is 0 Å². The number of hydrogen-bond donors (Lipinski definition) is 2. The molecular weight excluding hydrogens is 307 g/mol. The van der Waals surface area contributed by atoms with Gasteiger partial charge in [0.15, 0.2) is 0 Å². The minimum absolute atomic E-state index is 0.0613. The first kappa shape index (κ1) is 14.5. The van der Waals surface area contributed by atoms with Crippen LogP contribution in [0, 0.1) is 5.82 Å². The smallest absolute Gasteiger partial charge is 0.308 e. The summed E-state index contributed by atoms with van der Waals surface area (Å²) >= 11 is 5.66. The van der Waals surface area contributed by atoms with E-state index in [1.807, 2.05) is 6.07 Å². The number of anilines is 2. The van der Waals surface area contributed by atoms with Gasteiger partial charge in [-0.2, -0.15) is 0 Å². The third-order valence-corrected chi connectivity index (χ3v) is 3.71. The highest BCUT2D eigenvalue weighted by Gasteiger charge is 2.18. The third kappa shape index (κ3) is 3.09. The molecule has 22 heavy (non-hydrogen) atoms. The second-order valence-electron chi connectivity index (χ2n) is 5.08. The van der Waals surface area contributed by atoms with Gasteiger partial charge in [0.2, 0.25) is 0 Å². The molecule has 0 heterocycles. The lowest BCUT2D eigenvalue weighted by atomic mass is 10.1. The van der Waals surface area contributed by atoms with E-state index in [9.17, 15) is 14.0 Å². The number of urea groups is 1. The van der Waals surface area contributed by atoms with Crippen LogP contribution in [0.2, 0.25) is 5.02 Å². The van der Waals surface area contributed by atoms with Gasteiger partial charge in [-0.05, 0) is 41.5 Å². The maximum Gasteiger partial charge on any atom is 0.323 e. The molecule has 6 heteroatoms. The van der Waals surface area contributed by atoms with Crippen LogP contribution in [0.3, 0.4) is 0 Å². The molecule has 2 aromatic carbocycles. The maximum atomic E-state index is 13.1. The number of carbonyl (C=O) groups is 2. The molecule has 0 bridgehead atoms. The Morgan fingerprint density at radius 3 is 2.36 bits per heavy atom. The molecule has 2 amide bonds. The van der Waals surface area contributed by atoms with E-state index in [0.717, 1.165) is 11.1 Å². The van der Waals surface area contributed by atoms with Crippen molar-refractivity contribution in [2.75, 3.05) is 10.6 Å². The molecule has 0 saturated carbocycles. The van der Waals surface area contributed by atoms with Crippen LogP contribution < -0.4 is 10.6 Å². The lowest BCUT2D eigenvalue weighted by Crippen LogP contribution is -2.19. The largest absolute Gasteiger partial charge is 0.323 e. The molecule has 2 aromatic rings. The predicted molar refractivity (Wildman–Crippen MR) is 82.9 cm³/mol. The SMILES string of the molecule is O=C1Cc2ccc(NC(=O)Nc3ccc(F)c(Cl)c3)cc2C1. The Morgan fingerprint density at radius 1 is 1.00 bits per heavy atom. The zero-order valence-electron chi connectivity index (χ0n) is 11.5. The molecule has 0 aliphatic heterocycles. The Labute approximate surface area is 131 Å². The molecule has 0 aromatic heterocycles. The van der Waals surface area contributed by atoms with Gasteiger partial charge in [-0.1, -0.05) is 17.7 Å². The van der Waals surface area contributed by atoms with Crippen molar-refractivity contribution in [1.29, 1.82) is 0 Å². The molecule has 0 fully saturated rings. The van der Waals surface area contributed by atoms with Crippen molar-refractivity contribution in [2.45, 2.75) is 12.8 Å². The van der Waals surface area contributed by atoms with Crippen LogP contribution in [0.5, 0.6) is 0 Å². The first-order valence-corrected chi connectivity index (χ1v) is 7.05. The van der Waals surface area contributed by atoms with Crippen molar-refractivity contribution in [2.24, 2.45) is 0 Å². The zero-order chi connectivity index (χ0) is 15.7. The van der Waals surface area contributed by atoms with Crippen molar-refractivity contribution in [1.82, 2.24) is 0 Å². The van der Waals surface area contributed by atoms with Crippen molar-refractivity contribution < 1.29 is 14.0 Å². The Hall–Kier alpha value is -2.40. The Morgan fingerprint density at radius 2 is 1.64 bits per heavy atom. The number of carbonyl (C=O) groups excluding carboxylic acids is 2. The summed E-state index contributed by atoms with van der Waals surface area (Å²) in [5.74, 6) is -0.367. The number of amides is 2. The Balaban J connectivity index is 1.68. The van der Waals surface area contributed by atoms with Gasteiger partial charge in [0.25, 0.3) is 0 Å². The maximum absolute atomic E-state index is 13.1. The third-order valence-electron chi connectivity index (χ3n) is 3.42. The summed E-state index contributed by atoms with van der Waals surface area (Å²) in [6, 6.07) is 8.84. The van der Waals surface area contributed by atoms with Crippen molar-refractivity contribution in [3.05, 3.63) is 58.4 Å². The fourth-order valence-corrected chi connectivity index (χ4v) is 2.58. The van der Waals surface area contributed by atoms with Crippen LogP contribution in [0.15, 0.2) is 36.4 Å². The van der Waals surface area contributed by atoms with Gasteiger partial charge in [0, 0.05) is 24.2 Å². The molecule has 0 saturated heterocycles. The number of rotatable bonds is 2.